The van der Waals surface area contributed by atoms with E-state index < -0.39 is 0 Å². The maximum atomic E-state index is 5.77. The monoisotopic (exact) mass is 330 g/mol. The summed E-state index contributed by atoms with van der Waals surface area (Å²) in [4.78, 5) is 0. The van der Waals surface area contributed by atoms with Gasteiger partial charge in [-0.05, 0) is 118 Å². The molecule has 7 unspecified atom stereocenters. The first-order valence-corrected chi connectivity index (χ1v) is 11.4. The van der Waals surface area contributed by atoms with Crippen LogP contribution in [0.4, 0.5) is 0 Å². The molecule has 5 aliphatic rings. The van der Waals surface area contributed by atoms with Gasteiger partial charge in [-0.1, -0.05) is 13.3 Å². The van der Waals surface area contributed by atoms with Gasteiger partial charge >= 0.3 is 0 Å². The van der Waals surface area contributed by atoms with Gasteiger partial charge in [-0.25, -0.2) is 0 Å². The van der Waals surface area contributed by atoms with Crippen molar-refractivity contribution in [3.8, 4) is 0 Å². The highest BCUT2D eigenvalue weighted by Gasteiger charge is 2.46. The van der Waals surface area contributed by atoms with Gasteiger partial charge in [0.15, 0.2) is 0 Å². The molecule has 1 aliphatic heterocycles. The summed E-state index contributed by atoms with van der Waals surface area (Å²) in [6.07, 6.45) is 21.2. The van der Waals surface area contributed by atoms with Crippen LogP contribution < -0.4 is 0 Å². The number of rotatable bonds is 2. The predicted octanol–water partition coefficient (Wildman–Crippen LogP) is 6.21. The molecule has 136 valence electrons. The van der Waals surface area contributed by atoms with Crippen molar-refractivity contribution in [2.75, 3.05) is 0 Å². The number of hydrogen-bond donors (Lipinski definition) is 0. The van der Waals surface area contributed by atoms with Gasteiger partial charge in [0.25, 0.3) is 0 Å². The molecule has 0 amide bonds. The highest BCUT2D eigenvalue weighted by atomic mass is 16.6. The molecule has 1 heteroatoms. The lowest BCUT2D eigenvalue weighted by atomic mass is 9.60. The van der Waals surface area contributed by atoms with Crippen LogP contribution >= 0.6 is 0 Å². The number of ether oxygens (including phenoxy) is 1. The Morgan fingerprint density at radius 3 is 1.67 bits per heavy atom. The van der Waals surface area contributed by atoms with Gasteiger partial charge in [0.1, 0.15) is 0 Å². The summed E-state index contributed by atoms with van der Waals surface area (Å²) in [5.74, 6) is 7.50. The average molecular weight is 331 g/mol. The summed E-state index contributed by atoms with van der Waals surface area (Å²) in [6, 6.07) is 0. The maximum Gasteiger partial charge on any atom is 0.0844 e. The first-order chi connectivity index (χ1) is 11.8. The van der Waals surface area contributed by atoms with E-state index in [-0.39, 0.29) is 0 Å². The lowest BCUT2D eigenvalue weighted by Crippen LogP contribution is -2.35. The third-order valence-corrected chi connectivity index (χ3v) is 9.11. The normalized spacial score (nSPS) is 54.6. The van der Waals surface area contributed by atoms with Gasteiger partial charge in [0.05, 0.1) is 12.2 Å². The Balaban J connectivity index is 1.12. The standard InChI is InChI=1S/C23H38O/c1-15-2-3-20-13-19(9-8-18(20)12-15)16-4-6-17(7-5-16)21-10-11-22-23(14-21)24-22/h15-23H,2-14H2,1H3. The molecule has 1 nitrogen and oxygen atoms in total. The third-order valence-electron chi connectivity index (χ3n) is 9.11. The van der Waals surface area contributed by atoms with E-state index in [4.69, 9.17) is 4.74 Å². The molecule has 5 fully saturated rings. The summed E-state index contributed by atoms with van der Waals surface area (Å²) in [7, 11) is 0. The van der Waals surface area contributed by atoms with Crippen molar-refractivity contribution >= 4 is 0 Å². The quantitative estimate of drug-likeness (QED) is 0.548. The summed E-state index contributed by atoms with van der Waals surface area (Å²) in [5.41, 5.74) is 0. The molecule has 0 aromatic heterocycles. The van der Waals surface area contributed by atoms with Crippen molar-refractivity contribution in [2.24, 2.45) is 41.4 Å². The molecule has 1 saturated heterocycles. The Labute approximate surface area is 149 Å². The zero-order chi connectivity index (χ0) is 16.1. The minimum absolute atomic E-state index is 0.686. The highest BCUT2D eigenvalue weighted by Crippen LogP contribution is 2.51. The summed E-state index contributed by atoms with van der Waals surface area (Å²) < 4.78 is 5.77. The van der Waals surface area contributed by atoms with Gasteiger partial charge in [0.2, 0.25) is 0 Å². The largest absolute Gasteiger partial charge is 0.370 e. The van der Waals surface area contributed by atoms with Gasteiger partial charge in [-0.2, -0.15) is 0 Å². The molecule has 0 aromatic rings. The van der Waals surface area contributed by atoms with E-state index >= 15 is 0 Å². The van der Waals surface area contributed by atoms with E-state index in [0.29, 0.717) is 12.2 Å². The molecule has 0 aromatic carbocycles. The minimum atomic E-state index is 0.686. The second-order valence-corrected chi connectivity index (χ2v) is 10.5. The van der Waals surface area contributed by atoms with Crippen LogP contribution in [0.25, 0.3) is 0 Å². The van der Waals surface area contributed by atoms with Crippen molar-refractivity contribution in [1.82, 2.24) is 0 Å². The SMILES string of the molecule is CC1CCC2CC(C3CCC(C4CCC5OC5C4)CC3)CCC2C1. The van der Waals surface area contributed by atoms with Crippen LogP contribution in [-0.2, 0) is 4.74 Å². The Kier molecular flexibility index (Phi) is 4.44. The molecule has 4 saturated carbocycles. The zero-order valence-corrected chi connectivity index (χ0v) is 15.8. The molecule has 1 heterocycles. The van der Waals surface area contributed by atoms with Crippen molar-refractivity contribution in [2.45, 2.75) is 103 Å². The molecule has 7 atom stereocenters. The van der Waals surface area contributed by atoms with E-state index in [0.717, 1.165) is 41.4 Å². The summed E-state index contributed by atoms with van der Waals surface area (Å²) in [6.45, 7) is 2.49. The first-order valence-electron chi connectivity index (χ1n) is 11.4. The average Bonchev–Trinajstić information content (AvgIpc) is 3.40. The van der Waals surface area contributed by atoms with Crippen LogP contribution in [0, 0.1) is 41.4 Å². The van der Waals surface area contributed by atoms with E-state index in [9.17, 15) is 0 Å². The molecule has 5 rings (SSSR count). The summed E-state index contributed by atoms with van der Waals surface area (Å²) >= 11 is 0. The second kappa shape index (κ2) is 6.60. The fourth-order valence-corrected chi connectivity index (χ4v) is 7.54. The molecule has 0 spiro atoms. The zero-order valence-electron chi connectivity index (χ0n) is 15.8. The van der Waals surface area contributed by atoms with Crippen LogP contribution in [0.2, 0.25) is 0 Å². The molecule has 0 bridgehead atoms. The van der Waals surface area contributed by atoms with Gasteiger partial charge in [-0.3, -0.25) is 0 Å². The second-order valence-electron chi connectivity index (χ2n) is 10.5. The molecular formula is C23H38O. The molecule has 0 N–H and O–H groups in total. The van der Waals surface area contributed by atoms with E-state index in [1.165, 1.54) is 25.7 Å². The van der Waals surface area contributed by atoms with Crippen molar-refractivity contribution in [1.29, 1.82) is 0 Å². The Bertz CT molecular complexity index is 437. The number of epoxide rings is 1. The van der Waals surface area contributed by atoms with E-state index in [1.54, 1.807) is 57.8 Å². The van der Waals surface area contributed by atoms with Crippen molar-refractivity contribution < 1.29 is 4.74 Å². The van der Waals surface area contributed by atoms with Gasteiger partial charge < -0.3 is 4.74 Å². The molecule has 24 heavy (non-hydrogen) atoms. The highest BCUT2D eigenvalue weighted by molar-refractivity contribution is 4.95. The Morgan fingerprint density at radius 1 is 0.458 bits per heavy atom. The van der Waals surface area contributed by atoms with E-state index in [2.05, 4.69) is 6.92 Å². The fraction of sp³-hybridized carbons (Fsp3) is 1.00. The number of hydrogen-bond acceptors (Lipinski definition) is 1. The maximum absolute atomic E-state index is 5.77. The van der Waals surface area contributed by atoms with Gasteiger partial charge in [-0.15, -0.1) is 0 Å². The Morgan fingerprint density at radius 2 is 0.958 bits per heavy atom. The van der Waals surface area contributed by atoms with E-state index in [1.807, 2.05) is 0 Å². The minimum Gasteiger partial charge on any atom is -0.370 e. The lowest BCUT2D eigenvalue weighted by molar-refractivity contribution is 0.0563. The predicted molar refractivity (Wildman–Crippen MR) is 98.8 cm³/mol. The van der Waals surface area contributed by atoms with Crippen LogP contribution in [-0.4, -0.2) is 12.2 Å². The van der Waals surface area contributed by atoms with Crippen LogP contribution in [0.15, 0.2) is 0 Å². The number of fused-ring (bicyclic) bond motifs is 2. The van der Waals surface area contributed by atoms with Gasteiger partial charge in [0, 0.05) is 0 Å². The van der Waals surface area contributed by atoms with Crippen LogP contribution in [0.3, 0.4) is 0 Å². The van der Waals surface area contributed by atoms with Crippen molar-refractivity contribution in [3.05, 3.63) is 0 Å². The lowest BCUT2D eigenvalue weighted by Gasteiger charge is -2.45. The van der Waals surface area contributed by atoms with Crippen molar-refractivity contribution in [3.63, 3.8) is 0 Å². The van der Waals surface area contributed by atoms with Crippen LogP contribution in [0.5, 0.6) is 0 Å². The third kappa shape index (κ3) is 3.19. The molecule has 0 radical (unpaired) electrons. The van der Waals surface area contributed by atoms with Crippen LogP contribution in [0.1, 0.15) is 90.4 Å². The summed E-state index contributed by atoms with van der Waals surface area (Å²) in [5, 5.41) is 0. The topological polar surface area (TPSA) is 12.5 Å². The first kappa shape index (κ1) is 16.2. The smallest absolute Gasteiger partial charge is 0.0844 e. The Hall–Kier alpha value is -0.0400. The molecular weight excluding hydrogens is 292 g/mol. The fourth-order valence-electron chi connectivity index (χ4n) is 7.54. The molecule has 4 aliphatic carbocycles.